The number of hydrogen-bond donors (Lipinski definition) is 0. The number of aryl methyl sites for hydroxylation is 2. The summed E-state index contributed by atoms with van der Waals surface area (Å²) in [6.07, 6.45) is 0. The van der Waals surface area contributed by atoms with Gasteiger partial charge in [0.05, 0.1) is 11.7 Å². The van der Waals surface area contributed by atoms with E-state index < -0.39 is 0 Å². The molecule has 3 heteroatoms. The average molecular weight is 194 g/mol. The van der Waals surface area contributed by atoms with E-state index in [2.05, 4.69) is 34.7 Å². The van der Waals surface area contributed by atoms with Crippen LogP contribution in [0.3, 0.4) is 0 Å². The minimum Gasteiger partial charge on any atom is -0.173 e. The molecule has 0 atom stereocenters. The number of benzene rings is 1. The van der Waals surface area contributed by atoms with E-state index in [9.17, 15) is 0 Å². The summed E-state index contributed by atoms with van der Waals surface area (Å²) in [4.78, 5) is 0. The molecule has 0 unspecified atom stereocenters. The van der Waals surface area contributed by atoms with Gasteiger partial charge >= 0.3 is 0 Å². The first kappa shape index (κ1) is 10.1. The summed E-state index contributed by atoms with van der Waals surface area (Å²) in [5, 5.41) is 0. The van der Waals surface area contributed by atoms with Crippen molar-refractivity contribution in [3.63, 3.8) is 0 Å². The van der Waals surface area contributed by atoms with Crippen LogP contribution in [0.25, 0.3) is 11.0 Å². The zero-order valence-corrected chi connectivity index (χ0v) is 9.27. The first-order valence-electron chi connectivity index (χ1n) is 4.47. The van der Waals surface area contributed by atoms with Gasteiger partial charge in [-0.2, -0.15) is 8.75 Å². The monoisotopic (exact) mass is 194 g/mol. The second-order valence-corrected chi connectivity index (χ2v) is 3.24. The van der Waals surface area contributed by atoms with Crippen LogP contribution in [0.15, 0.2) is 12.1 Å². The van der Waals surface area contributed by atoms with E-state index in [4.69, 9.17) is 0 Å². The standard InChI is InChI=1S/C8H8N2S.C2H6/c1-5-3-6(2)8-7(4-5)9-11-10-8;1-2/h3-4H,1-2H3;1-2H3. The Balaban J connectivity index is 0.000000396. The third kappa shape index (κ3) is 2.04. The van der Waals surface area contributed by atoms with Gasteiger partial charge in [-0.05, 0) is 31.0 Å². The lowest BCUT2D eigenvalue weighted by Crippen LogP contribution is -1.79. The maximum atomic E-state index is 4.19. The molecular weight excluding hydrogens is 180 g/mol. The fourth-order valence-electron chi connectivity index (χ4n) is 1.23. The molecule has 1 aromatic carbocycles. The molecule has 0 fully saturated rings. The maximum Gasteiger partial charge on any atom is 0.107 e. The zero-order chi connectivity index (χ0) is 9.84. The lowest BCUT2D eigenvalue weighted by atomic mass is 10.1. The third-order valence-corrected chi connectivity index (χ3v) is 2.24. The van der Waals surface area contributed by atoms with Gasteiger partial charge in [-0.15, -0.1) is 0 Å². The van der Waals surface area contributed by atoms with E-state index in [1.54, 1.807) is 0 Å². The van der Waals surface area contributed by atoms with Gasteiger partial charge in [-0.25, -0.2) is 0 Å². The molecule has 1 aromatic heterocycles. The molecule has 1 heterocycles. The molecule has 2 aromatic rings. The van der Waals surface area contributed by atoms with Gasteiger partial charge in [0.2, 0.25) is 0 Å². The lowest BCUT2D eigenvalue weighted by Gasteiger charge is -1.94. The number of fused-ring (bicyclic) bond motifs is 1. The molecule has 0 spiro atoms. The Kier molecular flexibility index (Phi) is 3.37. The van der Waals surface area contributed by atoms with Crippen molar-refractivity contribution in [2.45, 2.75) is 27.7 Å². The molecule has 0 bridgehead atoms. The highest BCUT2D eigenvalue weighted by Gasteiger charge is 2.01. The first-order chi connectivity index (χ1) is 6.27. The highest BCUT2D eigenvalue weighted by molar-refractivity contribution is 7.00. The molecule has 2 nitrogen and oxygen atoms in total. The van der Waals surface area contributed by atoms with Crippen molar-refractivity contribution in [2.24, 2.45) is 0 Å². The average Bonchev–Trinajstić information content (AvgIpc) is 2.55. The van der Waals surface area contributed by atoms with Gasteiger partial charge < -0.3 is 0 Å². The highest BCUT2D eigenvalue weighted by atomic mass is 32.1. The van der Waals surface area contributed by atoms with E-state index in [-0.39, 0.29) is 0 Å². The molecule has 70 valence electrons. The number of hydrogen-bond acceptors (Lipinski definition) is 3. The molecule has 0 radical (unpaired) electrons. The predicted molar refractivity (Wildman–Crippen MR) is 58.2 cm³/mol. The van der Waals surface area contributed by atoms with Crippen LogP contribution < -0.4 is 0 Å². The minimum atomic E-state index is 1.02. The number of nitrogens with zero attached hydrogens (tertiary/aromatic N) is 2. The van der Waals surface area contributed by atoms with E-state index in [0.717, 1.165) is 11.0 Å². The summed E-state index contributed by atoms with van der Waals surface area (Å²) in [6, 6.07) is 4.19. The predicted octanol–water partition coefficient (Wildman–Crippen LogP) is 3.33. The van der Waals surface area contributed by atoms with Crippen molar-refractivity contribution in [2.75, 3.05) is 0 Å². The Bertz CT molecular complexity index is 393. The van der Waals surface area contributed by atoms with Crippen LogP contribution in [-0.4, -0.2) is 8.75 Å². The van der Waals surface area contributed by atoms with E-state index >= 15 is 0 Å². The molecule has 2 rings (SSSR count). The van der Waals surface area contributed by atoms with Crippen molar-refractivity contribution < 1.29 is 0 Å². The Morgan fingerprint density at radius 1 is 1.08 bits per heavy atom. The van der Waals surface area contributed by atoms with Crippen LogP contribution in [0.5, 0.6) is 0 Å². The SMILES string of the molecule is CC.Cc1cc(C)c2nsnc2c1. The molecule has 0 aliphatic heterocycles. The topological polar surface area (TPSA) is 25.8 Å². The van der Waals surface area contributed by atoms with Crippen LogP contribution in [0.1, 0.15) is 25.0 Å². The van der Waals surface area contributed by atoms with Crippen molar-refractivity contribution in [1.82, 2.24) is 8.75 Å². The molecule has 0 N–H and O–H groups in total. The van der Waals surface area contributed by atoms with Crippen molar-refractivity contribution in [3.8, 4) is 0 Å². The third-order valence-electron chi connectivity index (χ3n) is 1.70. The van der Waals surface area contributed by atoms with Gasteiger partial charge in [-0.3, -0.25) is 0 Å². The molecule has 0 saturated heterocycles. The number of aromatic nitrogens is 2. The summed E-state index contributed by atoms with van der Waals surface area (Å²) in [6.45, 7) is 8.14. The normalized spacial score (nSPS) is 9.54. The highest BCUT2D eigenvalue weighted by Crippen LogP contribution is 2.17. The zero-order valence-electron chi connectivity index (χ0n) is 8.46. The second-order valence-electron chi connectivity index (χ2n) is 2.71. The van der Waals surface area contributed by atoms with Crippen molar-refractivity contribution >= 4 is 22.8 Å². The van der Waals surface area contributed by atoms with Crippen molar-refractivity contribution in [3.05, 3.63) is 23.3 Å². The van der Waals surface area contributed by atoms with Gasteiger partial charge in [0.25, 0.3) is 0 Å². The smallest absolute Gasteiger partial charge is 0.107 e. The van der Waals surface area contributed by atoms with Crippen molar-refractivity contribution in [1.29, 1.82) is 0 Å². The van der Waals surface area contributed by atoms with E-state index in [0.29, 0.717) is 0 Å². The summed E-state index contributed by atoms with van der Waals surface area (Å²) >= 11 is 1.28. The molecular formula is C10H14N2S. The lowest BCUT2D eigenvalue weighted by molar-refractivity contribution is 1.40. The molecule has 0 saturated carbocycles. The van der Waals surface area contributed by atoms with E-state index in [1.165, 1.54) is 22.9 Å². The van der Waals surface area contributed by atoms with Crippen LogP contribution in [-0.2, 0) is 0 Å². The quantitative estimate of drug-likeness (QED) is 0.643. The summed E-state index contributed by atoms with van der Waals surface area (Å²) in [7, 11) is 0. The first-order valence-corrected chi connectivity index (χ1v) is 5.20. The minimum absolute atomic E-state index is 1.02. The van der Waals surface area contributed by atoms with Crippen LogP contribution in [0.4, 0.5) is 0 Å². The molecule has 0 amide bonds. The second kappa shape index (κ2) is 4.33. The fraction of sp³-hybridized carbons (Fsp3) is 0.400. The van der Waals surface area contributed by atoms with Crippen LogP contribution in [0, 0.1) is 13.8 Å². The maximum absolute atomic E-state index is 4.19. The molecule has 0 aliphatic carbocycles. The molecule has 0 aliphatic rings. The van der Waals surface area contributed by atoms with Gasteiger partial charge in [-0.1, -0.05) is 19.9 Å². The summed E-state index contributed by atoms with van der Waals surface area (Å²) in [5.74, 6) is 0. The van der Waals surface area contributed by atoms with E-state index in [1.807, 2.05) is 13.8 Å². The molecule has 13 heavy (non-hydrogen) atoms. The Hall–Kier alpha value is -0.960. The Morgan fingerprint density at radius 3 is 2.46 bits per heavy atom. The Labute approximate surface area is 82.9 Å². The van der Waals surface area contributed by atoms with Crippen LogP contribution >= 0.6 is 11.7 Å². The van der Waals surface area contributed by atoms with Gasteiger partial charge in [0.1, 0.15) is 11.0 Å². The Morgan fingerprint density at radius 2 is 1.77 bits per heavy atom. The largest absolute Gasteiger partial charge is 0.173 e. The number of rotatable bonds is 0. The fourth-order valence-corrected chi connectivity index (χ4v) is 1.82. The van der Waals surface area contributed by atoms with Crippen LogP contribution in [0.2, 0.25) is 0 Å². The summed E-state index contributed by atoms with van der Waals surface area (Å²) < 4.78 is 8.36. The van der Waals surface area contributed by atoms with Gasteiger partial charge in [0, 0.05) is 0 Å². The van der Waals surface area contributed by atoms with Gasteiger partial charge in [0.15, 0.2) is 0 Å². The summed E-state index contributed by atoms with van der Waals surface area (Å²) in [5.41, 5.74) is 4.53.